The van der Waals surface area contributed by atoms with Crippen LogP contribution in [0.1, 0.15) is 49.8 Å². The molecule has 1 aromatic heterocycles. The van der Waals surface area contributed by atoms with E-state index in [0.29, 0.717) is 30.8 Å². The van der Waals surface area contributed by atoms with Gasteiger partial charge in [-0.3, -0.25) is 4.90 Å². The molecule has 8 nitrogen and oxygen atoms in total. The number of benzene rings is 2. The van der Waals surface area contributed by atoms with Crippen LogP contribution in [0.25, 0.3) is 10.8 Å². The van der Waals surface area contributed by atoms with Crippen LogP contribution in [0.5, 0.6) is 11.5 Å². The second-order valence-corrected chi connectivity index (χ2v) is 11.4. The van der Waals surface area contributed by atoms with Crippen molar-refractivity contribution in [3.63, 3.8) is 0 Å². The van der Waals surface area contributed by atoms with Crippen LogP contribution in [0.15, 0.2) is 42.5 Å². The van der Waals surface area contributed by atoms with Crippen LogP contribution < -0.4 is 14.8 Å². The van der Waals surface area contributed by atoms with Crippen molar-refractivity contribution in [3.05, 3.63) is 53.7 Å². The summed E-state index contributed by atoms with van der Waals surface area (Å²) in [5.41, 5.74) is 2.18. The lowest BCUT2D eigenvalue weighted by atomic mass is 10.0. The molecule has 11 heteroatoms. The maximum absolute atomic E-state index is 6.39. The van der Waals surface area contributed by atoms with Gasteiger partial charge in [0, 0.05) is 55.6 Å². The topological polar surface area (TPSA) is 72.0 Å². The van der Waals surface area contributed by atoms with Gasteiger partial charge >= 0.3 is 0 Å². The lowest BCUT2D eigenvalue weighted by Crippen LogP contribution is -2.43. The van der Waals surface area contributed by atoms with Gasteiger partial charge in [-0.05, 0) is 81.5 Å². The van der Waals surface area contributed by atoms with Crippen LogP contribution >= 0.6 is 37.2 Å². The monoisotopic (exact) mass is 639 g/mol. The highest BCUT2D eigenvalue weighted by Gasteiger charge is 2.39. The summed E-state index contributed by atoms with van der Waals surface area (Å²) >= 11 is 0. The SMILES string of the molecule is COCc1nnc(NC2CCN(Cc3ccc(OC4CC5CCC(C4)N5C)cc3)CC2)c2cc(OC)ccc12.Cl.Cl.Cl. The van der Waals surface area contributed by atoms with Gasteiger partial charge in [-0.15, -0.1) is 42.3 Å². The Balaban J connectivity index is 0.00000161. The van der Waals surface area contributed by atoms with Crippen molar-refractivity contribution in [1.29, 1.82) is 0 Å². The van der Waals surface area contributed by atoms with E-state index in [0.717, 1.165) is 79.1 Å². The van der Waals surface area contributed by atoms with Crippen molar-refractivity contribution in [2.75, 3.05) is 39.7 Å². The highest BCUT2D eigenvalue weighted by atomic mass is 35.5. The predicted octanol–water partition coefficient (Wildman–Crippen LogP) is 6.13. The van der Waals surface area contributed by atoms with E-state index >= 15 is 0 Å². The number of halogens is 3. The molecule has 2 bridgehead atoms. The molecule has 2 aromatic carbocycles. The Kier molecular flexibility index (Phi) is 12.8. The number of likely N-dealkylation sites (tertiary alicyclic amines) is 1. The Bertz CT molecular complexity index is 1260. The van der Waals surface area contributed by atoms with Gasteiger partial charge in [0.25, 0.3) is 0 Å². The van der Waals surface area contributed by atoms with Gasteiger partial charge in [0.2, 0.25) is 0 Å². The summed E-state index contributed by atoms with van der Waals surface area (Å²) in [6.07, 6.45) is 7.44. The van der Waals surface area contributed by atoms with E-state index < -0.39 is 0 Å². The zero-order chi connectivity index (χ0) is 26.8. The summed E-state index contributed by atoms with van der Waals surface area (Å²) in [6, 6.07) is 16.6. The fraction of sp³-hybridized carbons (Fsp3) is 0.548. The third-order valence-corrected chi connectivity index (χ3v) is 8.96. The predicted molar refractivity (Wildman–Crippen MR) is 175 cm³/mol. The number of aromatic nitrogens is 2. The van der Waals surface area contributed by atoms with Gasteiger partial charge in [0.05, 0.1) is 19.4 Å². The van der Waals surface area contributed by atoms with Crippen LogP contribution in [-0.4, -0.2) is 78.6 Å². The number of rotatable bonds is 9. The Labute approximate surface area is 268 Å². The average molecular weight is 641 g/mol. The van der Waals surface area contributed by atoms with Gasteiger partial charge in [-0.25, -0.2) is 0 Å². The van der Waals surface area contributed by atoms with Gasteiger partial charge in [-0.1, -0.05) is 12.1 Å². The molecular formula is C31H44Cl3N5O3. The maximum Gasteiger partial charge on any atom is 0.156 e. The fourth-order valence-electron chi connectivity index (χ4n) is 6.68. The van der Waals surface area contributed by atoms with E-state index in [2.05, 4.69) is 56.6 Å². The van der Waals surface area contributed by atoms with Gasteiger partial charge in [-0.2, -0.15) is 5.10 Å². The minimum Gasteiger partial charge on any atom is -0.497 e. The molecule has 0 amide bonds. The molecule has 232 valence electrons. The van der Waals surface area contributed by atoms with E-state index in [1.54, 1.807) is 14.2 Å². The van der Waals surface area contributed by atoms with Crippen molar-refractivity contribution in [3.8, 4) is 11.5 Å². The molecule has 2 unspecified atom stereocenters. The third kappa shape index (κ3) is 7.71. The summed E-state index contributed by atoms with van der Waals surface area (Å²) in [5.74, 6) is 2.64. The minimum absolute atomic E-state index is 0. The van der Waals surface area contributed by atoms with Crippen LogP contribution in [0.3, 0.4) is 0 Å². The Hall–Kier alpha value is -2.07. The highest BCUT2D eigenvalue weighted by Crippen LogP contribution is 2.36. The van der Waals surface area contributed by atoms with Crippen molar-refractivity contribution in [1.82, 2.24) is 20.0 Å². The number of fused-ring (bicyclic) bond motifs is 3. The Morgan fingerprint density at radius 3 is 2.14 bits per heavy atom. The number of hydrogen-bond acceptors (Lipinski definition) is 8. The zero-order valence-electron chi connectivity index (χ0n) is 24.7. The number of nitrogens with one attached hydrogen (secondary N) is 1. The number of piperidine rings is 2. The molecule has 1 N–H and O–H groups in total. The minimum atomic E-state index is 0. The lowest BCUT2D eigenvalue weighted by molar-refractivity contribution is 0.0661. The Morgan fingerprint density at radius 2 is 1.50 bits per heavy atom. The molecule has 2 atom stereocenters. The van der Waals surface area contributed by atoms with E-state index in [4.69, 9.17) is 14.2 Å². The number of nitrogens with zero attached hydrogens (tertiary/aromatic N) is 4. The molecule has 3 aliphatic heterocycles. The summed E-state index contributed by atoms with van der Waals surface area (Å²) in [5, 5.41) is 14.7. The normalized spacial score (nSPS) is 22.5. The molecule has 0 spiro atoms. The van der Waals surface area contributed by atoms with E-state index in [9.17, 15) is 0 Å². The zero-order valence-corrected chi connectivity index (χ0v) is 27.1. The second-order valence-electron chi connectivity index (χ2n) is 11.4. The number of methoxy groups -OCH3 is 2. The average Bonchev–Trinajstić information content (AvgIpc) is 3.16. The standard InChI is InChI=1S/C31H41N5O3.3ClH/c1-35-23-6-7-24(35)17-27(16-23)39-25-8-4-21(5-9-25)19-36-14-12-22(13-15-36)32-31-29-18-26(38-3)10-11-28(29)30(20-37-2)33-34-31;;;/h4-5,8-11,18,22-24,27H,6-7,12-17,19-20H2,1-3H3,(H,32,34);3*1H. The second kappa shape index (κ2) is 15.6. The van der Waals surface area contributed by atoms with Gasteiger partial charge in [0.15, 0.2) is 5.82 Å². The summed E-state index contributed by atoms with van der Waals surface area (Å²) in [6.45, 7) is 3.49. The molecule has 0 aliphatic carbocycles. The number of hydrogen-bond donors (Lipinski definition) is 1. The largest absolute Gasteiger partial charge is 0.497 e. The molecule has 42 heavy (non-hydrogen) atoms. The van der Waals surface area contributed by atoms with Crippen LogP contribution in [0.2, 0.25) is 0 Å². The first kappa shape index (κ1) is 34.4. The molecular weight excluding hydrogens is 597 g/mol. The first-order chi connectivity index (χ1) is 19.1. The first-order valence-electron chi connectivity index (χ1n) is 14.4. The van der Waals surface area contributed by atoms with Crippen molar-refractivity contribution in [2.45, 2.75) is 75.9 Å². The summed E-state index contributed by atoms with van der Waals surface area (Å²) in [4.78, 5) is 5.10. The van der Waals surface area contributed by atoms with Crippen LogP contribution in [-0.2, 0) is 17.9 Å². The van der Waals surface area contributed by atoms with Gasteiger partial charge < -0.3 is 24.4 Å². The van der Waals surface area contributed by atoms with E-state index in [1.807, 2.05) is 18.2 Å². The summed E-state index contributed by atoms with van der Waals surface area (Å²) in [7, 11) is 5.65. The lowest BCUT2D eigenvalue weighted by Gasteiger charge is -2.36. The molecule has 0 radical (unpaired) electrons. The van der Waals surface area contributed by atoms with E-state index in [1.165, 1.54) is 18.4 Å². The molecule has 0 saturated carbocycles. The molecule has 6 rings (SSSR count). The van der Waals surface area contributed by atoms with Crippen LogP contribution in [0, 0.1) is 0 Å². The molecule has 4 heterocycles. The molecule has 3 fully saturated rings. The molecule has 3 aromatic rings. The third-order valence-electron chi connectivity index (χ3n) is 8.96. The fourth-order valence-corrected chi connectivity index (χ4v) is 6.68. The number of ether oxygens (including phenoxy) is 3. The van der Waals surface area contributed by atoms with Crippen molar-refractivity contribution >= 4 is 53.8 Å². The number of anilines is 1. The highest BCUT2D eigenvalue weighted by molar-refractivity contribution is 5.94. The van der Waals surface area contributed by atoms with Gasteiger partial charge in [0.1, 0.15) is 17.6 Å². The smallest absolute Gasteiger partial charge is 0.156 e. The quantitative estimate of drug-likeness (QED) is 0.300. The first-order valence-corrected chi connectivity index (χ1v) is 14.4. The van der Waals surface area contributed by atoms with Crippen molar-refractivity contribution < 1.29 is 14.2 Å². The maximum atomic E-state index is 6.39. The molecule has 3 aliphatic rings. The Morgan fingerprint density at radius 1 is 0.833 bits per heavy atom. The van der Waals surface area contributed by atoms with Crippen LogP contribution in [0.4, 0.5) is 5.82 Å². The summed E-state index contributed by atoms with van der Waals surface area (Å²) < 4.78 is 17.2. The molecule has 3 saturated heterocycles. The van der Waals surface area contributed by atoms with E-state index in [-0.39, 0.29) is 37.2 Å². The van der Waals surface area contributed by atoms with Crippen molar-refractivity contribution in [2.24, 2.45) is 0 Å².